The molecule has 0 spiro atoms. The predicted molar refractivity (Wildman–Crippen MR) is 123 cm³/mol. The molecule has 1 N–H and O–H groups in total. The third-order valence-corrected chi connectivity index (χ3v) is 5.47. The number of allylic oxidation sites excluding steroid dienone is 1. The van der Waals surface area contributed by atoms with E-state index in [-0.39, 0.29) is 17.5 Å². The summed E-state index contributed by atoms with van der Waals surface area (Å²) in [5.41, 5.74) is 1.50. The Balaban J connectivity index is 1.71. The highest BCUT2D eigenvalue weighted by molar-refractivity contribution is 5.97. The normalized spacial score (nSPS) is 14.8. The third-order valence-electron chi connectivity index (χ3n) is 5.47. The van der Waals surface area contributed by atoms with E-state index in [2.05, 4.69) is 4.99 Å². The summed E-state index contributed by atoms with van der Waals surface area (Å²) in [5, 5.41) is 10.7. The fourth-order valence-electron chi connectivity index (χ4n) is 3.71. The van der Waals surface area contributed by atoms with Gasteiger partial charge in [-0.3, -0.25) is 10.0 Å². The van der Waals surface area contributed by atoms with Crippen LogP contribution in [0.2, 0.25) is 0 Å². The van der Waals surface area contributed by atoms with Crippen LogP contribution in [0.3, 0.4) is 0 Å². The quantitative estimate of drug-likeness (QED) is 0.262. The number of amidine groups is 1. The van der Waals surface area contributed by atoms with Crippen molar-refractivity contribution in [1.29, 1.82) is 0 Å². The molecular formula is C25H28F3N3O3. The Bertz CT molecular complexity index is 1080. The van der Waals surface area contributed by atoms with E-state index in [9.17, 15) is 23.2 Å². The molecule has 1 aliphatic heterocycles. The van der Waals surface area contributed by atoms with Crippen LogP contribution in [0.15, 0.2) is 59.2 Å². The van der Waals surface area contributed by atoms with E-state index in [0.717, 1.165) is 28.3 Å². The van der Waals surface area contributed by atoms with Crippen LogP contribution in [0.25, 0.3) is 0 Å². The van der Waals surface area contributed by atoms with E-state index in [0.29, 0.717) is 36.8 Å². The van der Waals surface area contributed by atoms with Crippen LogP contribution in [0.4, 0.5) is 13.2 Å². The summed E-state index contributed by atoms with van der Waals surface area (Å²) in [4.78, 5) is 19.2. The van der Waals surface area contributed by atoms with Crippen molar-refractivity contribution in [3.05, 3.63) is 70.9 Å². The smallest absolute Gasteiger partial charge is 0.416 e. The highest BCUT2D eigenvalue weighted by Gasteiger charge is 2.30. The third kappa shape index (κ3) is 5.96. The number of hydrogen-bond acceptors (Lipinski definition) is 4. The summed E-state index contributed by atoms with van der Waals surface area (Å²) < 4.78 is 43.9. The second kappa shape index (κ2) is 10.3. The molecule has 2 aromatic carbocycles. The highest BCUT2D eigenvalue weighted by atomic mass is 19.4. The van der Waals surface area contributed by atoms with Gasteiger partial charge in [0, 0.05) is 26.1 Å². The van der Waals surface area contributed by atoms with Crippen molar-refractivity contribution in [3.63, 3.8) is 0 Å². The number of fused-ring (bicyclic) bond motifs is 1. The zero-order chi connectivity index (χ0) is 25.0. The minimum atomic E-state index is -4.39. The lowest BCUT2D eigenvalue weighted by atomic mass is 9.99. The lowest BCUT2D eigenvalue weighted by molar-refractivity contribution is -0.137. The second-order valence-corrected chi connectivity index (χ2v) is 8.35. The number of nitrogens with zero attached hydrogens (tertiary/aromatic N) is 3. The van der Waals surface area contributed by atoms with Crippen molar-refractivity contribution < 1.29 is 27.9 Å². The number of amides is 1. The molecule has 0 bridgehead atoms. The lowest BCUT2D eigenvalue weighted by Gasteiger charge is -2.29. The maximum Gasteiger partial charge on any atom is 0.416 e. The molecule has 0 aromatic heterocycles. The van der Waals surface area contributed by atoms with Crippen molar-refractivity contribution >= 4 is 11.7 Å². The summed E-state index contributed by atoms with van der Waals surface area (Å²) in [5.74, 6) is 0.931. The van der Waals surface area contributed by atoms with Crippen LogP contribution in [-0.4, -0.2) is 40.5 Å². The predicted octanol–water partition coefficient (Wildman–Crippen LogP) is 5.66. The lowest BCUT2D eigenvalue weighted by Crippen LogP contribution is -2.37. The minimum absolute atomic E-state index is 0.0667. The van der Waals surface area contributed by atoms with E-state index in [1.165, 1.54) is 19.2 Å². The van der Waals surface area contributed by atoms with Crippen molar-refractivity contribution in [2.45, 2.75) is 39.9 Å². The number of benzene rings is 2. The number of hydroxylamine groups is 2. The molecule has 0 radical (unpaired) electrons. The van der Waals surface area contributed by atoms with Gasteiger partial charge in [-0.2, -0.15) is 13.2 Å². The van der Waals surface area contributed by atoms with Crippen LogP contribution in [0, 0.1) is 5.92 Å². The molecule has 1 aliphatic rings. The molecule has 6 nitrogen and oxygen atoms in total. The summed E-state index contributed by atoms with van der Waals surface area (Å²) in [6.45, 7) is 6.37. The van der Waals surface area contributed by atoms with Crippen LogP contribution < -0.4 is 4.74 Å². The summed E-state index contributed by atoms with van der Waals surface area (Å²) in [6.07, 6.45) is -2.16. The first kappa shape index (κ1) is 25.3. The average Bonchev–Trinajstić information content (AvgIpc) is 2.78. The van der Waals surface area contributed by atoms with Crippen LogP contribution in [-0.2, 0) is 23.9 Å². The molecule has 0 aliphatic carbocycles. The topological polar surface area (TPSA) is 65.4 Å². The Morgan fingerprint density at radius 1 is 1.15 bits per heavy atom. The summed E-state index contributed by atoms with van der Waals surface area (Å²) >= 11 is 0. The van der Waals surface area contributed by atoms with Gasteiger partial charge in [0.2, 0.25) is 0 Å². The summed E-state index contributed by atoms with van der Waals surface area (Å²) in [7, 11) is 1.47. The van der Waals surface area contributed by atoms with Crippen LogP contribution in [0.1, 0.15) is 37.5 Å². The van der Waals surface area contributed by atoms with Crippen molar-refractivity contribution in [1.82, 2.24) is 9.96 Å². The molecular weight excluding hydrogens is 447 g/mol. The number of carbonyl (C=O) groups is 1. The first-order chi connectivity index (χ1) is 16.0. The molecule has 34 heavy (non-hydrogen) atoms. The van der Waals surface area contributed by atoms with Gasteiger partial charge in [-0.25, -0.2) is 10.1 Å². The molecule has 1 amide bonds. The van der Waals surface area contributed by atoms with E-state index in [1.54, 1.807) is 24.0 Å². The molecule has 0 saturated carbocycles. The Labute approximate surface area is 196 Å². The van der Waals surface area contributed by atoms with Gasteiger partial charge in [0.15, 0.2) is 0 Å². The molecule has 9 heteroatoms. The molecule has 2 aromatic rings. The number of aliphatic imine (C=N–C) groups is 1. The Morgan fingerprint density at radius 2 is 1.79 bits per heavy atom. The van der Waals surface area contributed by atoms with Gasteiger partial charge in [-0.05, 0) is 60.9 Å². The first-order valence-electron chi connectivity index (χ1n) is 10.9. The number of ether oxygens (including phenoxy) is 1. The fraction of sp³-hybridized carbons (Fsp3) is 0.360. The molecule has 3 rings (SSSR count). The monoisotopic (exact) mass is 475 g/mol. The fourth-order valence-corrected chi connectivity index (χ4v) is 3.71. The first-order valence-corrected chi connectivity index (χ1v) is 10.9. The van der Waals surface area contributed by atoms with Gasteiger partial charge in [0.25, 0.3) is 5.91 Å². The van der Waals surface area contributed by atoms with Gasteiger partial charge in [0.05, 0.1) is 5.56 Å². The molecule has 0 unspecified atom stereocenters. The van der Waals surface area contributed by atoms with E-state index >= 15 is 0 Å². The Hall–Kier alpha value is -3.33. The molecule has 0 atom stereocenters. The number of halogens is 3. The van der Waals surface area contributed by atoms with Gasteiger partial charge in [-0.1, -0.05) is 26.0 Å². The highest BCUT2D eigenvalue weighted by Crippen LogP contribution is 2.32. The van der Waals surface area contributed by atoms with Crippen molar-refractivity contribution in [2.75, 3.05) is 13.6 Å². The van der Waals surface area contributed by atoms with Crippen molar-refractivity contribution in [2.24, 2.45) is 10.9 Å². The zero-order valence-electron chi connectivity index (χ0n) is 19.6. The average molecular weight is 476 g/mol. The number of carbonyl (C=O) groups excluding carboxylic acids is 1. The van der Waals surface area contributed by atoms with E-state index in [4.69, 9.17) is 4.74 Å². The molecule has 182 valence electrons. The zero-order valence-corrected chi connectivity index (χ0v) is 19.6. The maximum absolute atomic E-state index is 13.1. The number of rotatable bonds is 5. The van der Waals surface area contributed by atoms with E-state index < -0.39 is 11.7 Å². The van der Waals surface area contributed by atoms with Gasteiger partial charge in [-0.15, -0.1) is 0 Å². The largest absolute Gasteiger partial charge is 0.457 e. The second-order valence-electron chi connectivity index (χ2n) is 8.35. The SMILES string of the molecule is C/C=C(\N=C(C(C)C)N(C)O)C(=O)N1CCc2cc(Oc3ccc(C(F)(F)F)cc3)ccc2C1. The summed E-state index contributed by atoms with van der Waals surface area (Å²) in [6, 6.07) is 9.98. The molecule has 0 saturated heterocycles. The Morgan fingerprint density at radius 3 is 2.35 bits per heavy atom. The maximum atomic E-state index is 13.1. The minimum Gasteiger partial charge on any atom is -0.457 e. The van der Waals surface area contributed by atoms with Gasteiger partial charge < -0.3 is 9.64 Å². The molecule has 0 fully saturated rings. The van der Waals surface area contributed by atoms with Gasteiger partial charge in [0.1, 0.15) is 23.0 Å². The van der Waals surface area contributed by atoms with Crippen LogP contribution in [0.5, 0.6) is 11.5 Å². The van der Waals surface area contributed by atoms with Crippen LogP contribution >= 0.6 is 0 Å². The number of alkyl halides is 3. The number of hydrogen-bond donors (Lipinski definition) is 1. The van der Waals surface area contributed by atoms with Crippen molar-refractivity contribution in [3.8, 4) is 11.5 Å². The van der Waals surface area contributed by atoms with Gasteiger partial charge >= 0.3 is 6.18 Å². The molecule has 1 heterocycles. The van der Waals surface area contributed by atoms with E-state index in [1.807, 2.05) is 26.0 Å². The Kier molecular flexibility index (Phi) is 7.66. The standard InChI is InChI=1S/C25H28F3N3O3/c1-5-22(29-23(16(2)3)30(4)33)24(32)31-13-12-17-14-21(9-6-18(17)15-31)34-20-10-7-19(8-11-20)25(26,27)28/h5-11,14,16,33H,12-13,15H2,1-4H3/b22-5-,29-23?.